The van der Waals surface area contributed by atoms with Crippen molar-refractivity contribution in [3.63, 3.8) is 0 Å². The van der Waals surface area contributed by atoms with Gasteiger partial charge < -0.3 is 16.8 Å². The number of pyridine rings is 1. The molecule has 4 aromatic rings. The van der Waals surface area contributed by atoms with Crippen molar-refractivity contribution in [3.05, 3.63) is 107 Å². The van der Waals surface area contributed by atoms with Crippen molar-refractivity contribution in [1.29, 1.82) is 0 Å². The van der Waals surface area contributed by atoms with E-state index in [1.165, 1.54) is 24.3 Å². The van der Waals surface area contributed by atoms with Crippen LogP contribution in [0.2, 0.25) is 0 Å². The highest BCUT2D eigenvalue weighted by atomic mass is 19.4. The second-order valence-electron chi connectivity index (χ2n) is 9.97. The fourth-order valence-corrected chi connectivity index (χ4v) is 4.77. The van der Waals surface area contributed by atoms with E-state index in [0.717, 1.165) is 23.1 Å². The number of nitrogens with zero attached hydrogens (tertiary/aromatic N) is 3. The molecule has 5 rings (SSSR count). The van der Waals surface area contributed by atoms with Gasteiger partial charge in [0, 0.05) is 37.0 Å². The van der Waals surface area contributed by atoms with Gasteiger partial charge in [-0.1, -0.05) is 24.3 Å². The first-order valence-electron chi connectivity index (χ1n) is 12.9. The minimum atomic E-state index is -4.80. The van der Waals surface area contributed by atoms with Gasteiger partial charge in [0.1, 0.15) is 11.5 Å². The minimum Gasteiger partial charge on any atom is -0.327 e. The third-order valence-corrected chi connectivity index (χ3v) is 7.09. The molecule has 0 saturated heterocycles. The second-order valence-corrected chi connectivity index (χ2v) is 9.97. The van der Waals surface area contributed by atoms with Crippen LogP contribution in [0.3, 0.4) is 0 Å². The first-order valence-corrected chi connectivity index (χ1v) is 12.9. The minimum absolute atomic E-state index is 0.0623. The second kappa shape index (κ2) is 11.2. The van der Waals surface area contributed by atoms with Crippen LogP contribution in [0.1, 0.15) is 58.1 Å². The van der Waals surface area contributed by atoms with Gasteiger partial charge in [0.25, 0.3) is 5.91 Å². The standard InChI is InChI=1S/C29H28F4N6O/c30-23-9-8-19(22(13-24(35)18-6-7-18)20-4-2-10-36-16-20)12-25(23)37-28(40)26-14-27(29(31,32)33)38-39(26)21-5-1-3-17(11-21)15-34/h1-5,8-12,14,16,18,22,24H,6-7,13,15,34-35H2,(H,37,40). The topological polar surface area (TPSA) is 112 Å². The van der Waals surface area contributed by atoms with Crippen LogP contribution in [0.4, 0.5) is 23.2 Å². The number of anilines is 1. The van der Waals surface area contributed by atoms with Gasteiger partial charge in [-0.2, -0.15) is 18.3 Å². The van der Waals surface area contributed by atoms with Crippen LogP contribution < -0.4 is 16.8 Å². The molecule has 0 bridgehead atoms. The Bertz CT molecular complexity index is 1500. The summed E-state index contributed by atoms with van der Waals surface area (Å²) in [5, 5.41) is 6.08. The molecule has 0 aliphatic heterocycles. The molecule has 2 atom stereocenters. The molecular formula is C29H28F4N6O. The van der Waals surface area contributed by atoms with E-state index in [9.17, 15) is 22.4 Å². The van der Waals surface area contributed by atoms with E-state index in [-0.39, 0.29) is 29.9 Å². The number of benzene rings is 2. The number of alkyl halides is 3. The molecule has 2 aromatic heterocycles. The first-order chi connectivity index (χ1) is 19.1. The molecule has 0 radical (unpaired) electrons. The zero-order valence-corrected chi connectivity index (χ0v) is 21.4. The van der Waals surface area contributed by atoms with E-state index in [4.69, 9.17) is 11.5 Å². The van der Waals surface area contributed by atoms with E-state index in [0.29, 0.717) is 29.5 Å². The van der Waals surface area contributed by atoms with Crippen LogP contribution in [0, 0.1) is 11.7 Å². The maximum atomic E-state index is 15.0. The Labute approximate surface area is 228 Å². The molecule has 1 fully saturated rings. The van der Waals surface area contributed by atoms with Crippen molar-refractivity contribution in [1.82, 2.24) is 14.8 Å². The lowest BCUT2D eigenvalue weighted by molar-refractivity contribution is -0.141. The first kappa shape index (κ1) is 27.5. The molecule has 5 N–H and O–H groups in total. The average Bonchev–Trinajstić information content (AvgIpc) is 3.70. The molecule has 1 amide bonds. The molecule has 7 nitrogen and oxygen atoms in total. The van der Waals surface area contributed by atoms with Crippen molar-refractivity contribution in [2.24, 2.45) is 17.4 Å². The number of rotatable bonds is 9. The Morgan fingerprint density at radius 3 is 2.55 bits per heavy atom. The maximum absolute atomic E-state index is 15.0. The quantitative estimate of drug-likeness (QED) is 0.241. The summed E-state index contributed by atoms with van der Waals surface area (Å²) in [6.07, 6.45) is 1.29. The van der Waals surface area contributed by atoms with Crippen molar-refractivity contribution in [3.8, 4) is 5.69 Å². The summed E-state index contributed by atoms with van der Waals surface area (Å²) >= 11 is 0. The highest BCUT2D eigenvalue weighted by Gasteiger charge is 2.36. The third kappa shape index (κ3) is 6.05. The van der Waals surface area contributed by atoms with Crippen molar-refractivity contribution < 1.29 is 22.4 Å². The van der Waals surface area contributed by atoms with Gasteiger partial charge in [-0.25, -0.2) is 9.07 Å². The fraction of sp³-hybridized carbons (Fsp3) is 0.276. The molecule has 2 heterocycles. The Hall–Kier alpha value is -4.09. The summed E-state index contributed by atoms with van der Waals surface area (Å²) in [7, 11) is 0. The van der Waals surface area contributed by atoms with Crippen LogP contribution in [0.15, 0.2) is 73.1 Å². The predicted molar refractivity (Wildman–Crippen MR) is 142 cm³/mol. The summed E-state index contributed by atoms with van der Waals surface area (Å²) in [6.45, 7) is 0.142. The Balaban J connectivity index is 1.49. The lowest BCUT2D eigenvalue weighted by Gasteiger charge is -2.22. The van der Waals surface area contributed by atoms with Gasteiger partial charge in [-0.15, -0.1) is 0 Å². The number of halogens is 4. The highest BCUT2D eigenvalue weighted by Crippen LogP contribution is 2.39. The zero-order chi connectivity index (χ0) is 28.4. The zero-order valence-electron chi connectivity index (χ0n) is 21.4. The van der Waals surface area contributed by atoms with Gasteiger partial charge in [0.05, 0.1) is 11.4 Å². The van der Waals surface area contributed by atoms with Crippen LogP contribution in [0.5, 0.6) is 0 Å². The van der Waals surface area contributed by atoms with Gasteiger partial charge >= 0.3 is 6.18 Å². The Morgan fingerprint density at radius 2 is 1.88 bits per heavy atom. The highest BCUT2D eigenvalue weighted by molar-refractivity contribution is 6.03. The number of carbonyl (C=O) groups excluding carboxylic acids is 1. The van der Waals surface area contributed by atoms with Crippen LogP contribution in [-0.2, 0) is 12.7 Å². The van der Waals surface area contributed by atoms with E-state index in [2.05, 4.69) is 15.4 Å². The van der Waals surface area contributed by atoms with E-state index in [1.54, 1.807) is 36.7 Å². The van der Waals surface area contributed by atoms with Crippen molar-refractivity contribution in [2.45, 2.75) is 43.9 Å². The Kier molecular flexibility index (Phi) is 7.68. The summed E-state index contributed by atoms with van der Waals surface area (Å²) in [4.78, 5) is 17.5. The summed E-state index contributed by atoms with van der Waals surface area (Å²) in [5.74, 6) is -1.48. The third-order valence-electron chi connectivity index (χ3n) is 7.09. The molecule has 2 aromatic carbocycles. The maximum Gasteiger partial charge on any atom is 0.435 e. The normalized spacial score (nSPS) is 15.1. The number of carbonyl (C=O) groups is 1. The molecule has 0 spiro atoms. The number of nitrogens with one attached hydrogen (secondary N) is 1. The number of amides is 1. The molecule has 11 heteroatoms. The molecule has 1 aliphatic rings. The molecule has 208 valence electrons. The van der Waals surface area contributed by atoms with Crippen LogP contribution >= 0.6 is 0 Å². The number of nitrogens with two attached hydrogens (primary N) is 2. The number of hydrogen-bond donors (Lipinski definition) is 3. The lowest BCUT2D eigenvalue weighted by atomic mass is 9.85. The average molecular weight is 553 g/mol. The largest absolute Gasteiger partial charge is 0.435 e. The van der Waals surface area contributed by atoms with Crippen molar-refractivity contribution in [2.75, 3.05) is 5.32 Å². The monoisotopic (exact) mass is 552 g/mol. The smallest absolute Gasteiger partial charge is 0.327 e. The lowest BCUT2D eigenvalue weighted by Crippen LogP contribution is -2.25. The van der Waals surface area contributed by atoms with E-state index < -0.39 is 29.3 Å². The van der Waals surface area contributed by atoms with E-state index >= 15 is 0 Å². The van der Waals surface area contributed by atoms with Gasteiger partial charge in [0.2, 0.25) is 0 Å². The Morgan fingerprint density at radius 1 is 1.07 bits per heavy atom. The molecule has 2 unspecified atom stereocenters. The van der Waals surface area contributed by atoms with Gasteiger partial charge in [-0.05, 0) is 72.2 Å². The summed E-state index contributed by atoms with van der Waals surface area (Å²) < 4.78 is 56.5. The summed E-state index contributed by atoms with van der Waals surface area (Å²) in [6, 6.07) is 15.0. The van der Waals surface area contributed by atoms with E-state index in [1.807, 2.05) is 6.07 Å². The van der Waals surface area contributed by atoms with Crippen molar-refractivity contribution >= 4 is 11.6 Å². The van der Waals surface area contributed by atoms with Gasteiger partial charge in [0.15, 0.2) is 5.69 Å². The number of aromatic nitrogens is 3. The molecule has 40 heavy (non-hydrogen) atoms. The van der Waals surface area contributed by atoms with Crippen LogP contribution in [-0.4, -0.2) is 26.7 Å². The molecular weight excluding hydrogens is 524 g/mol. The molecule has 1 aliphatic carbocycles. The predicted octanol–water partition coefficient (Wildman–Crippen LogP) is 5.40. The number of hydrogen-bond acceptors (Lipinski definition) is 5. The SMILES string of the molecule is NCc1cccc(-n2nc(C(F)(F)F)cc2C(=O)Nc2cc(C(CC(N)C3CC3)c3cccnc3)ccc2F)c1. The molecule has 1 saturated carbocycles. The fourth-order valence-electron chi connectivity index (χ4n) is 4.77. The summed E-state index contributed by atoms with van der Waals surface area (Å²) in [5.41, 5.74) is 12.7. The van der Waals surface area contributed by atoms with Crippen LogP contribution in [0.25, 0.3) is 5.69 Å². The van der Waals surface area contributed by atoms with Gasteiger partial charge in [-0.3, -0.25) is 9.78 Å².